The van der Waals surface area contributed by atoms with Gasteiger partial charge >= 0.3 is 0 Å². The Balaban J connectivity index is 2.26. The first-order valence-electron chi connectivity index (χ1n) is 5.60. The van der Waals surface area contributed by atoms with E-state index < -0.39 is 5.60 Å². The van der Waals surface area contributed by atoms with Gasteiger partial charge in [-0.2, -0.15) is 0 Å². The predicted octanol–water partition coefficient (Wildman–Crippen LogP) is 2.62. The Hall–Kier alpha value is -0.500. The minimum absolute atomic E-state index is 0.0134. The average molecular weight is 196 g/mol. The van der Waals surface area contributed by atoms with Gasteiger partial charge in [0.2, 0.25) is 0 Å². The van der Waals surface area contributed by atoms with Crippen molar-refractivity contribution >= 4 is 0 Å². The fourth-order valence-corrected chi connectivity index (χ4v) is 2.80. The third-order valence-corrected chi connectivity index (χ3v) is 3.93. The summed E-state index contributed by atoms with van der Waals surface area (Å²) in [6.45, 7) is 5.13. The molecule has 0 spiro atoms. The highest BCUT2D eigenvalue weighted by Crippen LogP contribution is 2.51. The van der Waals surface area contributed by atoms with Crippen LogP contribution in [0, 0.1) is 5.41 Å². The molecule has 0 saturated heterocycles. The van der Waals surface area contributed by atoms with E-state index in [0.29, 0.717) is 0 Å². The van der Waals surface area contributed by atoms with Crippen LogP contribution < -0.4 is 0 Å². The molecule has 0 aromatic carbocycles. The van der Waals surface area contributed by atoms with E-state index in [4.69, 9.17) is 4.74 Å². The van der Waals surface area contributed by atoms with Gasteiger partial charge in [-0.25, -0.2) is 0 Å². The monoisotopic (exact) mass is 196 g/mol. The Morgan fingerprint density at radius 1 is 1.29 bits per heavy atom. The Morgan fingerprint density at radius 3 is 2.57 bits per heavy atom. The molecule has 14 heavy (non-hydrogen) atoms. The fourth-order valence-electron chi connectivity index (χ4n) is 2.80. The lowest BCUT2D eigenvalue weighted by Crippen LogP contribution is -2.42. The summed E-state index contributed by atoms with van der Waals surface area (Å²) in [6.07, 6.45) is 6.98. The van der Waals surface area contributed by atoms with Crippen LogP contribution in [0.5, 0.6) is 0 Å². The van der Waals surface area contributed by atoms with Crippen molar-refractivity contribution in [3.63, 3.8) is 0 Å². The molecule has 2 heteroatoms. The van der Waals surface area contributed by atoms with Gasteiger partial charge in [0.1, 0.15) is 0 Å². The number of hydrogen-bond donors (Lipinski definition) is 1. The first kappa shape index (κ1) is 10.0. The van der Waals surface area contributed by atoms with E-state index in [2.05, 4.69) is 13.8 Å². The fraction of sp³-hybridized carbons (Fsp3) is 0.833. The van der Waals surface area contributed by atoms with Crippen molar-refractivity contribution in [2.75, 3.05) is 6.61 Å². The Kier molecular flexibility index (Phi) is 2.34. The van der Waals surface area contributed by atoms with E-state index in [1.165, 1.54) is 0 Å². The highest BCUT2D eigenvalue weighted by atomic mass is 16.5. The van der Waals surface area contributed by atoms with Crippen LogP contribution in [0.2, 0.25) is 0 Å². The largest absolute Gasteiger partial charge is 0.501 e. The molecule has 0 amide bonds. The Labute approximate surface area is 86.0 Å². The molecular formula is C12H20O2. The molecule has 1 unspecified atom stereocenters. The average Bonchev–Trinajstić information content (AvgIpc) is 2.44. The SMILES string of the molecule is CC1(C)CCCC1(O)C1=COCCC1. The number of aliphatic hydroxyl groups is 1. The van der Waals surface area contributed by atoms with Gasteiger partial charge < -0.3 is 9.84 Å². The minimum atomic E-state index is -0.604. The quantitative estimate of drug-likeness (QED) is 0.698. The zero-order valence-corrected chi connectivity index (χ0v) is 9.18. The van der Waals surface area contributed by atoms with Gasteiger partial charge in [-0.15, -0.1) is 0 Å². The van der Waals surface area contributed by atoms with Crippen molar-refractivity contribution in [2.24, 2.45) is 5.41 Å². The molecule has 1 saturated carbocycles. The van der Waals surface area contributed by atoms with Gasteiger partial charge in [0.15, 0.2) is 0 Å². The summed E-state index contributed by atoms with van der Waals surface area (Å²) in [5.74, 6) is 0. The molecule has 0 aromatic rings. The van der Waals surface area contributed by atoms with Crippen molar-refractivity contribution in [1.82, 2.24) is 0 Å². The standard InChI is InChI=1S/C12H20O2/c1-11(2)6-4-7-12(11,13)10-5-3-8-14-9-10/h9,13H,3-8H2,1-2H3. The van der Waals surface area contributed by atoms with Gasteiger partial charge in [-0.3, -0.25) is 0 Å². The number of hydrogen-bond acceptors (Lipinski definition) is 2. The second-order valence-corrected chi connectivity index (χ2v) is 5.22. The maximum atomic E-state index is 10.7. The highest BCUT2D eigenvalue weighted by molar-refractivity contribution is 5.23. The zero-order valence-electron chi connectivity index (χ0n) is 9.18. The van der Waals surface area contributed by atoms with Crippen molar-refractivity contribution in [3.05, 3.63) is 11.8 Å². The molecule has 2 rings (SSSR count). The van der Waals surface area contributed by atoms with Crippen LogP contribution in [0.15, 0.2) is 11.8 Å². The molecule has 1 fully saturated rings. The van der Waals surface area contributed by atoms with E-state index in [1.54, 1.807) is 6.26 Å². The van der Waals surface area contributed by atoms with Crippen LogP contribution in [0.4, 0.5) is 0 Å². The smallest absolute Gasteiger partial charge is 0.0939 e. The zero-order chi connectivity index (χ0) is 10.2. The van der Waals surface area contributed by atoms with Crippen LogP contribution in [0.1, 0.15) is 46.0 Å². The van der Waals surface area contributed by atoms with E-state index in [9.17, 15) is 5.11 Å². The van der Waals surface area contributed by atoms with Gasteiger partial charge in [-0.1, -0.05) is 13.8 Å². The topological polar surface area (TPSA) is 29.5 Å². The molecule has 1 atom stereocenters. The van der Waals surface area contributed by atoms with Gasteiger partial charge in [-0.05, 0) is 43.1 Å². The summed E-state index contributed by atoms with van der Waals surface area (Å²) in [4.78, 5) is 0. The van der Waals surface area contributed by atoms with E-state index >= 15 is 0 Å². The number of ether oxygens (including phenoxy) is 1. The molecule has 1 aliphatic carbocycles. The Morgan fingerprint density at radius 2 is 2.07 bits per heavy atom. The third kappa shape index (κ3) is 1.36. The van der Waals surface area contributed by atoms with Gasteiger partial charge in [0.05, 0.1) is 18.5 Å². The van der Waals surface area contributed by atoms with Crippen LogP contribution in [-0.2, 0) is 4.74 Å². The summed E-state index contributed by atoms with van der Waals surface area (Å²) >= 11 is 0. The summed E-state index contributed by atoms with van der Waals surface area (Å²) in [7, 11) is 0. The lowest BCUT2D eigenvalue weighted by Gasteiger charge is -2.39. The van der Waals surface area contributed by atoms with Gasteiger partial charge in [0.25, 0.3) is 0 Å². The van der Waals surface area contributed by atoms with Crippen LogP contribution in [-0.4, -0.2) is 17.3 Å². The van der Waals surface area contributed by atoms with Crippen LogP contribution in [0.25, 0.3) is 0 Å². The lowest BCUT2D eigenvalue weighted by atomic mass is 9.72. The van der Waals surface area contributed by atoms with Crippen molar-refractivity contribution in [1.29, 1.82) is 0 Å². The summed E-state index contributed by atoms with van der Waals surface area (Å²) in [5.41, 5.74) is 0.527. The van der Waals surface area contributed by atoms with Crippen molar-refractivity contribution < 1.29 is 9.84 Å². The van der Waals surface area contributed by atoms with E-state index in [-0.39, 0.29) is 5.41 Å². The van der Waals surface area contributed by atoms with Crippen LogP contribution >= 0.6 is 0 Å². The number of rotatable bonds is 1. The van der Waals surface area contributed by atoms with Crippen LogP contribution in [0.3, 0.4) is 0 Å². The second-order valence-electron chi connectivity index (χ2n) is 5.22. The molecule has 1 N–H and O–H groups in total. The molecule has 2 aliphatic rings. The molecule has 0 bridgehead atoms. The van der Waals surface area contributed by atoms with Crippen molar-refractivity contribution in [3.8, 4) is 0 Å². The maximum absolute atomic E-state index is 10.7. The molecule has 80 valence electrons. The van der Waals surface area contributed by atoms with E-state index in [1.807, 2.05) is 0 Å². The summed E-state index contributed by atoms with van der Waals surface area (Å²) < 4.78 is 5.33. The lowest BCUT2D eigenvalue weighted by molar-refractivity contribution is -0.0178. The van der Waals surface area contributed by atoms with Crippen molar-refractivity contribution in [2.45, 2.75) is 51.6 Å². The third-order valence-electron chi connectivity index (χ3n) is 3.93. The van der Waals surface area contributed by atoms with Gasteiger partial charge in [0, 0.05) is 0 Å². The summed E-state index contributed by atoms with van der Waals surface area (Å²) in [5, 5.41) is 10.7. The first-order chi connectivity index (χ1) is 6.56. The normalized spacial score (nSPS) is 36.4. The molecule has 1 aliphatic heterocycles. The molecule has 0 aromatic heterocycles. The first-order valence-corrected chi connectivity index (χ1v) is 5.60. The second kappa shape index (κ2) is 3.27. The minimum Gasteiger partial charge on any atom is -0.501 e. The molecular weight excluding hydrogens is 176 g/mol. The Bertz CT molecular complexity index is 255. The molecule has 0 radical (unpaired) electrons. The highest BCUT2D eigenvalue weighted by Gasteiger charge is 2.49. The molecule has 1 heterocycles. The summed E-state index contributed by atoms with van der Waals surface area (Å²) in [6, 6.07) is 0. The maximum Gasteiger partial charge on any atom is 0.0939 e. The molecule has 2 nitrogen and oxygen atoms in total. The predicted molar refractivity (Wildman–Crippen MR) is 55.9 cm³/mol. The van der Waals surface area contributed by atoms with E-state index in [0.717, 1.165) is 44.3 Å².